The molecule has 0 amide bonds. The van der Waals surface area contributed by atoms with Crippen LogP contribution in [0.3, 0.4) is 0 Å². The van der Waals surface area contributed by atoms with Crippen molar-refractivity contribution in [1.82, 2.24) is 4.98 Å². The normalized spacial score (nSPS) is 10.2. The summed E-state index contributed by atoms with van der Waals surface area (Å²) in [5.74, 6) is 1.20. The second-order valence-electron chi connectivity index (χ2n) is 3.29. The van der Waals surface area contributed by atoms with Gasteiger partial charge in [-0.1, -0.05) is 13.3 Å². The first kappa shape index (κ1) is 11.3. The second kappa shape index (κ2) is 5.86. The first-order valence-electron chi connectivity index (χ1n) is 4.92. The van der Waals surface area contributed by atoms with Crippen LogP contribution < -0.4 is 4.74 Å². The van der Waals surface area contributed by atoms with Crippen LogP contribution in [-0.2, 0) is 5.88 Å². The van der Waals surface area contributed by atoms with E-state index in [0.29, 0.717) is 11.8 Å². The van der Waals surface area contributed by atoms with Gasteiger partial charge in [-0.2, -0.15) is 0 Å². The van der Waals surface area contributed by atoms with Gasteiger partial charge < -0.3 is 4.74 Å². The average molecular weight is 214 g/mol. The molecule has 0 saturated heterocycles. The molecule has 0 aromatic carbocycles. The lowest BCUT2D eigenvalue weighted by atomic mass is 10.2. The first-order valence-corrected chi connectivity index (χ1v) is 5.46. The highest BCUT2D eigenvalue weighted by Gasteiger charge is 1.99. The number of nitrogens with zero attached hydrogens (tertiary/aromatic N) is 1. The number of aryl methyl sites for hydroxylation is 1. The Kier molecular flexibility index (Phi) is 4.74. The van der Waals surface area contributed by atoms with Crippen molar-refractivity contribution in [2.45, 2.75) is 32.6 Å². The molecule has 0 aliphatic heterocycles. The molecule has 78 valence electrons. The Labute approximate surface area is 90.3 Å². The number of hydrogen-bond donors (Lipinski definition) is 0. The molecule has 0 spiro atoms. The van der Waals surface area contributed by atoms with Crippen LogP contribution >= 0.6 is 11.6 Å². The molecule has 0 bridgehead atoms. The Hall–Kier alpha value is -0.760. The second-order valence-corrected chi connectivity index (χ2v) is 3.56. The topological polar surface area (TPSA) is 22.1 Å². The van der Waals surface area contributed by atoms with E-state index in [2.05, 4.69) is 11.9 Å². The number of hydrogen-bond acceptors (Lipinski definition) is 2. The molecule has 0 saturated carbocycles. The van der Waals surface area contributed by atoms with Crippen LogP contribution in [0, 0.1) is 6.92 Å². The van der Waals surface area contributed by atoms with Crippen molar-refractivity contribution in [3.05, 3.63) is 23.4 Å². The Morgan fingerprint density at radius 2 is 2.21 bits per heavy atom. The maximum Gasteiger partial charge on any atom is 0.213 e. The van der Waals surface area contributed by atoms with Gasteiger partial charge in [0.2, 0.25) is 5.88 Å². The molecule has 3 heteroatoms. The van der Waals surface area contributed by atoms with E-state index in [1.54, 1.807) is 0 Å². The van der Waals surface area contributed by atoms with E-state index < -0.39 is 0 Å². The molecule has 1 heterocycles. The van der Waals surface area contributed by atoms with Gasteiger partial charge in [-0.05, 0) is 25.0 Å². The van der Waals surface area contributed by atoms with Crippen LogP contribution in [0.1, 0.15) is 31.0 Å². The van der Waals surface area contributed by atoms with Gasteiger partial charge in [-0.25, -0.2) is 4.98 Å². The summed E-state index contributed by atoms with van der Waals surface area (Å²) >= 11 is 5.75. The molecule has 0 unspecified atom stereocenters. The molecule has 0 aliphatic rings. The van der Waals surface area contributed by atoms with E-state index in [1.165, 1.54) is 0 Å². The fraction of sp³-hybridized carbons (Fsp3) is 0.545. The monoisotopic (exact) mass is 213 g/mol. The summed E-state index contributed by atoms with van der Waals surface area (Å²) in [7, 11) is 0. The lowest BCUT2D eigenvalue weighted by Gasteiger charge is -2.06. The Morgan fingerprint density at radius 3 is 2.86 bits per heavy atom. The zero-order valence-corrected chi connectivity index (χ0v) is 9.47. The molecule has 1 aromatic heterocycles. The lowest BCUT2D eigenvalue weighted by Crippen LogP contribution is -2.00. The minimum atomic E-state index is 0.507. The van der Waals surface area contributed by atoms with Crippen LogP contribution in [0.25, 0.3) is 0 Å². The van der Waals surface area contributed by atoms with Crippen molar-refractivity contribution in [3.8, 4) is 5.88 Å². The summed E-state index contributed by atoms with van der Waals surface area (Å²) in [6, 6.07) is 3.87. The molecule has 0 radical (unpaired) electrons. The van der Waals surface area contributed by atoms with Crippen molar-refractivity contribution in [3.63, 3.8) is 0 Å². The Balaban J connectivity index is 2.62. The molecule has 1 rings (SSSR count). The van der Waals surface area contributed by atoms with E-state index in [1.807, 2.05) is 19.1 Å². The summed E-state index contributed by atoms with van der Waals surface area (Å²) in [5.41, 5.74) is 2.01. The molecule has 2 nitrogen and oxygen atoms in total. The van der Waals surface area contributed by atoms with E-state index in [-0.39, 0.29) is 0 Å². The van der Waals surface area contributed by atoms with Crippen molar-refractivity contribution >= 4 is 11.6 Å². The number of pyridine rings is 1. The van der Waals surface area contributed by atoms with Crippen molar-refractivity contribution in [1.29, 1.82) is 0 Å². The van der Waals surface area contributed by atoms with Gasteiger partial charge in [0, 0.05) is 17.6 Å². The van der Waals surface area contributed by atoms with Crippen LogP contribution in [0.5, 0.6) is 5.88 Å². The van der Waals surface area contributed by atoms with Crippen molar-refractivity contribution in [2.24, 2.45) is 0 Å². The zero-order valence-electron chi connectivity index (χ0n) is 8.72. The highest BCUT2D eigenvalue weighted by Crippen LogP contribution is 2.14. The summed E-state index contributed by atoms with van der Waals surface area (Å²) in [6.07, 6.45) is 2.19. The minimum absolute atomic E-state index is 0.507. The maximum atomic E-state index is 5.75. The van der Waals surface area contributed by atoms with Gasteiger partial charge in [0.05, 0.1) is 6.61 Å². The van der Waals surface area contributed by atoms with Crippen LogP contribution in [0.2, 0.25) is 0 Å². The Morgan fingerprint density at radius 1 is 1.43 bits per heavy atom. The van der Waals surface area contributed by atoms with Gasteiger partial charge in [0.1, 0.15) is 0 Å². The van der Waals surface area contributed by atoms with E-state index in [0.717, 1.165) is 30.7 Å². The van der Waals surface area contributed by atoms with Crippen molar-refractivity contribution < 1.29 is 4.74 Å². The fourth-order valence-corrected chi connectivity index (χ4v) is 1.33. The number of alkyl halides is 1. The quantitative estimate of drug-likeness (QED) is 0.553. The molecule has 0 atom stereocenters. The molecular formula is C11H16ClNO. The highest BCUT2D eigenvalue weighted by atomic mass is 35.5. The molecular weight excluding hydrogens is 198 g/mol. The van der Waals surface area contributed by atoms with E-state index >= 15 is 0 Å². The number of rotatable bonds is 5. The summed E-state index contributed by atoms with van der Waals surface area (Å²) < 4.78 is 5.50. The third-order valence-corrected chi connectivity index (χ3v) is 2.20. The van der Waals surface area contributed by atoms with Crippen LogP contribution in [0.15, 0.2) is 12.1 Å². The molecule has 14 heavy (non-hydrogen) atoms. The molecule has 0 aliphatic carbocycles. The van der Waals surface area contributed by atoms with Gasteiger partial charge in [0.15, 0.2) is 0 Å². The predicted octanol–water partition coefficient (Wildman–Crippen LogP) is 3.31. The Bertz CT molecular complexity index is 289. The smallest absolute Gasteiger partial charge is 0.213 e. The first-order chi connectivity index (χ1) is 6.76. The van der Waals surface area contributed by atoms with Gasteiger partial charge in [0.25, 0.3) is 0 Å². The summed E-state index contributed by atoms with van der Waals surface area (Å²) in [4.78, 5) is 4.27. The SMILES string of the molecule is CCCCOc1cc(CCl)cc(C)n1. The largest absolute Gasteiger partial charge is 0.478 e. The van der Waals surface area contributed by atoms with E-state index in [9.17, 15) is 0 Å². The van der Waals surface area contributed by atoms with Gasteiger partial charge >= 0.3 is 0 Å². The number of ether oxygens (including phenoxy) is 1. The van der Waals surface area contributed by atoms with Gasteiger partial charge in [-0.15, -0.1) is 11.6 Å². The summed E-state index contributed by atoms with van der Waals surface area (Å²) in [5, 5.41) is 0. The van der Waals surface area contributed by atoms with Crippen LogP contribution in [0.4, 0.5) is 0 Å². The molecule has 1 aromatic rings. The highest BCUT2D eigenvalue weighted by molar-refractivity contribution is 6.17. The fourth-order valence-electron chi connectivity index (χ4n) is 1.18. The number of halogens is 1. The number of unbranched alkanes of at least 4 members (excludes halogenated alkanes) is 1. The van der Waals surface area contributed by atoms with Gasteiger partial charge in [-0.3, -0.25) is 0 Å². The standard InChI is InChI=1S/C11H16ClNO/c1-3-4-5-14-11-7-10(8-12)6-9(2)13-11/h6-7H,3-5,8H2,1-2H3. The third kappa shape index (κ3) is 3.54. The zero-order chi connectivity index (χ0) is 10.4. The maximum absolute atomic E-state index is 5.75. The lowest BCUT2D eigenvalue weighted by molar-refractivity contribution is 0.297. The third-order valence-electron chi connectivity index (χ3n) is 1.89. The van der Waals surface area contributed by atoms with Crippen molar-refractivity contribution in [2.75, 3.05) is 6.61 Å². The number of aromatic nitrogens is 1. The molecule has 0 fully saturated rings. The average Bonchev–Trinajstić information content (AvgIpc) is 2.17. The van der Waals surface area contributed by atoms with Crippen LogP contribution in [-0.4, -0.2) is 11.6 Å². The minimum Gasteiger partial charge on any atom is -0.478 e. The predicted molar refractivity (Wildman–Crippen MR) is 58.9 cm³/mol. The molecule has 0 N–H and O–H groups in total. The van der Waals surface area contributed by atoms with E-state index in [4.69, 9.17) is 16.3 Å². The summed E-state index contributed by atoms with van der Waals surface area (Å²) in [6.45, 7) is 4.81.